The van der Waals surface area contributed by atoms with E-state index < -0.39 is 0 Å². The summed E-state index contributed by atoms with van der Waals surface area (Å²) in [6.07, 6.45) is 10.8. The van der Waals surface area contributed by atoms with E-state index in [1.165, 1.54) is 12.0 Å². The van der Waals surface area contributed by atoms with Crippen LogP contribution in [-0.4, -0.2) is 47.4 Å². The Bertz CT molecular complexity index is 707. The van der Waals surface area contributed by atoms with E-state index in [0.29, 0.717) is 29.4 Å². The molecular weight excluding hydrogens is 370 g/mol. The molecule has 0 radical (unpaired) electrons. The summed E-state index contributed by atoms with van der Waals surface area (Å²) in [5, 5.41) is 10.2. The zero-order chi connectivity index (χ0) is 19.7. The van der Waals surface area contributed by atoms with Crippen LogP contribution >= 0.6 is 11.6 Å². The molecule has 28 heavy (non-hydrogen) atoms. The molecule has 0 amide bonds. The van der Waals surface area contributed by atoms with E-state index in [9.17, 15) is 9.90 Å². The Morgan fingerprint density at radius 2 is 1.96 bits per heavy atom. The van der Waals surface area contributed by atoms with Gasteiger partial charge in [-0.15, -0.1) is 11.6 Å². The van der Waals surface area contributed by atoms with Crippen molar-refractivity contribution in [3.8, 4) is 0 Å². The maximum Gasteiger partial charge on any atom is 0.146 e. The summed E-state index contributed by atoms with van der Waals surface area (Å²) in [6.45, 7) is 7.66. The molecule has 4 aliphatic carbocycles. The van der Waals surface area contributed by atoms with Crippen LogP contribution in [0, 0.1) is 34.0 Å². The van der Waals surface area contributed by atoms with Crippen LogP contribution in [0.4, 0.5) is 0 Å². The molecule has 1 spiro atoms. The molecule has 1 heterocycles. The molecule has 3 nitrogen and oxygen atoms in total. The van der Waals surface area contributed by atoms with Crippen molar-refractivity contribution in [3.63, 3.8) is 0 Å². The third-order valence-electron chi connectivity index (χ3n) is 9.91. The minimum atomic E-state index is -0.146. The van der Waals surface area contributed by atoms with Crippen molar-refractivity contribution >= 4 is 17.4 Å². The van der Waals surface area contributed by atoms with E-state index in [2.05, 4.69) is 24.8 Å². The molecule has 4 heteroatoms. The molecule has 0 aromatic carbocycles. The van der Waals surface area contributed by atoms with Crippen molar-refractivity contribution in [1.29, 1.82) is 0 Å². The van der Waals surface area contributed by atoms with Crippen LogP contribution in [0.25, 0.3) is 0 Å². The summed E-state index contributed by atoms with van der Waals surface area (Å²) >= 11 is 5.99. The quantitative estimate of drug-likeness (QED) is 0.546. The van der Waals surface area contributed by atoms with Crippen LogP contribution in [0.2, 0.25) is 0 Å². The maximum atomic E-state index is 13.8. The molecule has 1 aliphatic heterocycles. The first kappa shape index (κ1) is 19.6. The minimum absolute atomic E-state index is 0.103. The van der Waals surface area contributed by atoms with Crippen LogP contribution in [0.3, 0.4) is 0 Å². The monoisotopic (exact) mass is 405 g/mol. The Kier molecular flexibility index (Phi) is 4.58. The number of aliphatic hydroxyl groups excluding tert-OH is 1. The molecule has 156 valence electrons. The smallest absolute Gasteiger partial charge is 0.146 e. The predicted octanol–water partition coefficient (Wildman–Crippen LogP) is 4.42. The summed E-state index contributed by atoms with van der Waals surface area (Å²) in [5.41, 5.74) is 1.55. The Hall–Kier alpha value is -0.380. The third kappa shape index (κ3) is 2.58. The van der Waals surface area contributed by atoms with Gasteiger partial charge < -0.3 is 10.0 Å². The van der Waals surface area contributed by atoms with Gasteiger partial charge in [-0.05, 0) is 81.1 Å². The highest BCUT2D eigenvalue weighted by atomic mass is 35.5. The average Bonchev–Trinajstić information content (AvgIpc) is 3.17. The number of ketones is 1. The number of halogens is 1. The zero-order valence-corrected chi connectivity index (χ0v) is 18.3. The number of carbonyl (C=O) groups excluding carboxylic acids is 1. The van der Waals surface area contributed by atoms with Crippen LogP contribution in [0.1, 0.15) is 65.2 Å². The fraction of sp³-hybridized carbons (Fsp3) is 0.875. The first-order valence-corrected chi connectivity index (χ1v) is 12.1. The second-order valence-electron chi connectivity index (χ2n) is 11.1. The number of alkyl halides is 1. The lowest BCUT2D eigenvalue weighted by molar-refractivity contribution is -0.137. The van der Waals surface area contributed by atoms with Crippen molar-refractivity contribution in [2.45, 2.75) is 71.3 Å². The lowest BCUT2D eigenvalue weighted by Crippen LogP contribution is -2.50. The van der Waals surface area contributed by atoms with E-state index in [-0.39, 0.29) is 22.3 Å². The Morgan fingerprint density at radius 3 is 2.75 bits per heavy atom. The first-order chi connectivity index (χ1) is 13.3. The van der Waals surface area contributed by atoms with Crippen LogP contribution < -0.4 is 0 Å². The van der Waals surface area contributed by atoms with Crippen LogP contribution in [0.15, 0.2) is 11.6 Å². The molecule has 5 aliphatic rings. The number of hydrogen-bond donors (Lipinski definition) is 1. The molecule has 1 saturated heterocycles. The van der Waals surface area contributed by atoms with Gasteiger partial charge in [0.1, 0.15) is 5.78 Å². The Labute approximate surface area is 174 Å². The maximum absolute atomic E-state index is 13.8. The number of nitrogens with zero attached hydrogens (tertiary/aromatic N) is 1. The minimum Gasteiger partial charge on any atom is -0.393 e. The molecular formula is C24H36ClNO2. The van der Waals surface area contributed by atoms with Gasteiger partial charge >= 0.3 is 0 Å². The summed E-state index contributed by atoms with van der Waals surface area (Å²) in [6, 6.07) is 0. The molecule has 3 saturated carbocycles. The van der Waals surface area contributed by atoms with Gasteiger partial charge in [0.15, 0.2) is 0 Å². The molecule has 5 rings (SSSR count). The fourth-order valence-corrected chi connectivity index (χ4v) is 8.60. The number of allylic oxidation sites excluding steroid dienone is 1. The summed E-state index contributed by atoms with van der Waals surface area (Å²) in [7, 11) is 0. The molecule has 1 N–H and O–H groups in total. The normalized spacial score (nSPS) is 51.0. The van der Waals surface area contributed by atoms with Crippen LogP contribution in [-0.2, 0) is 4.79 Å². The number of hydrogen-bond acceptors (Lipinski definition) is 3. The number of likely N-dealkylation sites (tertiary alicyclic amines) is 1. The van der Waals surface area contributed by atoms with Gasteiger partial charge in [-0.3, -0.25) is 4.79 Å². The molecule has 0 bridgehead atoms. The van der Waals surface area contributed by atoms with Gasteiger partial charge in [0, 0.05) is 29.8 Å². The second-order valence-corrected chi connectivity index (χ2v) is 11.5. The van der Waals surface area contributed by atoms with Crippen molar-refractivity contribution in [2.24, 2.45) is 34.0 Å². The van der Waals surface area contributed by atoms with E-state index >= 15 is 0 Å². The number of Topliss-reactive ketones (excluding diaryl/α,β-unsaturated/α-hetero) is 1. The lowest BCUT2D eigenvalue weighted by Gasteiger charge is -2.56. The van der Waals surface area contributed by atoms with Gasteiger partial charge in [-0.2, -0.15) is 0 Å². The van der Waals surface area contributed by atoms with Gasteiger partial charge in [0.2, 0.25) is 0 Å². The van der Waals surface area contributed by atoms with Gasteiger partial charge in [-0.1, -0.05) is 25.5 Å². The zero-order valence-electron chi connectivity index (χ0n) is 17.6. The highest BCUT2D eigenvalue weighted by molar-refractivity contribution is 6.18. The highest BCUT2D eigenvalue weighted by Crippen LogP contribution is 2.67. The third-order valence-corrected chi connectivity index (χ3v) is 10.1. The van der Waals surface area contributed by atoms with Crippen molar-refractivity contribution in [1.82, 2.24) is 4.90 Å². The average molecular weight is 406 g/mol. The largest absolute Gasteiger partial charge is 0.393 e. The summed E-state index contributed by atoms with van der Waals surface area (Å²) in [4.78, 5) is 16.2. The highest BCUT2D eigenvalue weighted by Gasteiger charge is 2.66. The molecule has 0 unspecified atom stereocenters. The standard InChI is InChI=1S/C24H36ClNO2/c1-22-7-5-17(27)13-16(22)3-4-18-19(22)6-8-23(2)20(18)14-24(21(23)28)9-11-26(15-24)12-10-25/h3,17-20,27H,4-15H2,1-2H3/t17-,18-,19+,20+,22+,23+,24+/m1/s1. The lowest BCUT2D eigenvalue weighted by atomic mass is 9.48. The molecule has 0 aromatic rings. The molecule has 4 fully saturated rings. The van der Waals surface area contributed by atoms with Gasteiger partial charge in [-0.25, -0.2) is 0 Å². The summed E-state index contributed by atoms with van der Waals surface area (Å²) < 4.78 is 0. The fourth-order valence-electron chi connectivity index (χ4n) is 8.36. The second kappa shape index (κ2) is 6.56. The number of aliphatic hydroxyl groups is 1. The molecule has 7 atom stereocenters. The van der Waals surface area contributed by atoms with Crippen LogP contribution in [0.5, 0.6) is 0 Å². The summed E-state index contributed by atoms with van der Waals surface area (Å²) in [5.74, 6) is 3.12. The number of rotatable bonds is 2. The van der Waals surface area contributed by atoms with E-state index in [1.807, 2.05) is 0 Å². The SMILES string of the molecule is C[C@]12CC[C@@H](O)CC1=CC[C@@H]1[C@@H]2CC[C@]2(C)C(=O)[C@@]3(CCN(CCCl)C3)C[C@@H]12. The van der Waals surface area contributed by atoms with E-state index in [4.69, 9.17) is 11.6 Å². The number of carbonyl (C=O) groups is 1. The molecule has 0 aromatic heterocycles. The predicted molar refractivity (Wildman–Crippen MR) is 112 cm³/mol. The first-order valence-electron chi connectivity index (χ1n) is 11.5. The van der Waals surface area contributed by atoms with Crippen molar-refractivity contribution in [2.75, 3.05) is 25.5 Å². The topological polar surface area (TPSA) is 40.5 Å². The Morgan fingerprint density at radius 1 is 1.18 bits per heavy atom. The van der Waals surface area contributed by atoms with Crippen molar-refractivity contribution in [3.05, 3.63) is 11.6 Å². The van der Waals surface area contributed by atoms with Gasteiger partial charge in [0.25, 0.3) is 0 Å². The van der Waals surface area contributed by atoms with E-state index in [0.717, 1.165) is 64.6 Å². The Balaban J connectivity index is 1.45. The van der Waals surface area contributed by atoms with E-state index in [1.54, 1.807) is 0 Å². The number of fused-ring (bicyclic) bond motifs is 5. The van der Waals surface area contributed by atoms with Gasteiger partial charge in [0.05, 0.1) is 6.10 Å². The van der Waals surface area contributed by atoms with Crippen molar-refractivity contribution < 1.29 is 9.90 Å².